The van der Waals surface area contributed by atoms with Crippen LogP contribution < -0.4 is 0 Å². The Labute approximate surface area is 173 Å². The molecular formula is C23H23F3N2O2. The van der Waals surface area contributed by atoms with E-state index < -0.39 is 11.7 Å². The molecule has 0 bridgehead atoms. The van der Waals surface area contributed by atoms with Crippen molar-refractivity contribution in [3.63, 3.8) is 0 Å². The van der Waals surface area contributed by atoms with E-state index in [1.165, 1.54) is 18.2 Å². The van der Waals surface area contributed by atoms with Crippen LogP contribution >= 0.6 is 0 Å². The average Bonchev–Trinajstić information content (AvgIpc) is 3.24. The summed E-state index contributed by atoms with van der Waals surface area (Å²) in [5, 5.41) is 3.88. The second kappa shape index (κ2) is 9.15. The molecule has 1 amide bonds. The lowest BCUT2D eigenvalue weighted by Gasteiger charge is -2.33. The molecule has 3 rings (SSSR count). The number of aromatic nitrogens is 1. The molecule has 0 unspecified atom stereocenters. The number of nitrogens with zero attached hydrogens (tertiary/aromatic N) is 2. The van der Waals surface area contributed by atoms with E-state index in [0.29, 0.717) is 31.7 Å². The lowest BCUT2D eigenvalue weighted by Crippen LogP contribution is -2.39. The van der Waals surface area contributed by atoms with Gasteiger partial charge in [0.15, 0.2) is 11.5 Å². The smallest absolute Gasteiger partial charge is 0.355 e. The van der Waals surface area contributed by atoms with Crippen LogP contribution in [0.15, 0.2) is 76.9 Å². The zero-order valence-electron chi connectivity index (χ0n) is 16.7. The van der Waals surface area contributed by atoms with Gasteiger partial charge in [-0.2, -0.15) is 13.2 Å². The maximum absolute atomic E-state index is 13.2. The van der Waals surface area contributed by atoms with Crippen molar-refractivity contribution in [1.29, 1.82) is 0 Å². The number of hydrogen-bond acceptors (Lipinski definition) is 3. The molecule has 0 spiro atoms. The first-order valence-corrected chi connectivity index (χ1v) is 9.69. The van der Waals surface area contributed by atoms with Gasteiger partial charge in [-0.25, -0.2) is 0 Å². The number of benzene rings is 1. The normalized spacial score (nSPS) is 16.6. The van der Waals surface area contributed by atoms with Crippen molar-refractivity contribution in [3.8, 4) is 11.3 Å². The fraction of sp³-hybridized carbons (Fsp3) is 0.304. The van der Waals surface area contributed by atoms with Crippen LogP contribution in [0.5, 0.6) is 0 Å². The van der Waals surface area contributed by atoms with Crippen LogP contribution in [0.25, 0.3) is 11.3 Å². The summed E-state index contributed by atoms with van der Waals surface area (Å²) in [4.78, 5) is 14.4. The molecule has 4 nitrogen and oxygen atoms in total. The number of hydrogen-bond donors (Lipinski definition) is 0. The fourth-order valence-corrected chi connectivity index (χ4v) is 3.57. The van der Waals surface area contributed by atoms with Gasteiger partial charge in [0, 0.05) is 30.3 Å². The standard InChI is InChI=1S/C23H23F3N2O2/c1-3-4-10-19(16(2)23(24,25)26)17-11-13-28(14-12-17)22(29)20-15-21(30-27-20)18-8-6-5-7-9-18/h3-10,15,17H,1,11-14H2,2H3/b10-4-,19-16-. The van der Waals surface area contributed by atoms with Crippen LogP contribution in [-0.4, -0.2) is 35.2 Å². The molecule has 30 heavy (non-hydrogen) atoms. The Morgan fingerprint density at radius 1 is 1.23 bits per heavy atom. The molecule has 1 aliphatic rings. The second-order valence-corrected chi connectivity index (χ2v) is 7.18. The van der Waals surface area contributed by atoms with Gasteiger partial charge in [-0.3, -0.25) is 4.79 Å². The Morgan fingerprint density at radius 3 is 2.50 bits per heavy atom. The van der Waals surface area contributed by atoms with Gasteiger partial charge in [0.05, 0.1) is 0 Å². The fourth-order valence-electron chi connectivity index (χ4n) is 3.57. The molecule has 1 aromatic heterocycles. The Kier molecular flexibility index (Phi) is 6.59. The predicted octanol–water partition coefficient (Wildman–Crippen LogP) is 5.81. The molecule has 7 heteroatoms. The Morgan fingerprint density at radius 2 is 1.90 bits per heavy atom. The van der Waals surface area contributed by atoms with Crippen molar-refractivity contribution in [2.45, 2.75) is 25.9 Å². The minimum atomic E-state index is -4.39. The van der Waals surface area contributed by atoms with Crippen molar-refractivity contribution in [2.24, 2.45) is 5.92 Å². The third-order valence-corrected chi connectivity index (χ3v) is 5.28. The molecule has 0 N–H and O–H groups in total. The summed E-state index contributed by atoms with van der Waals surface area (Å²) in [5.74, 6) is -0.0578. The summed E-state index contributed by atoms with van der Waals surface area (Å²) in [6.45, 7) is 5.34. The molecule has 1 aliphatic heterocycles. The van der Waals surface area contributed by atoms with Gasteiger partial charge in [0.1, 0.15) is 0 Å². The first kappa shape index (κ1) is 21.6. The molecule has 1 fully saturated rings. The van der Waals surface area contributed by atoms with Gasteiger partial charge < -0.3 is 9.42 Å². The van der Waals surface area contributed by atoms with Crippen LogP contribution in [0, 0.1) is 5.92 Å². The van der Waals surface area contributed by atoms with Crippen molar-refractivity contribution >= 4 is 5.91 Å². The Hall–Kier alpha value is -3.09. The van der Waals surface area contributed by atoms with Crippen LogP contribution in [0.1, 0.15) is 30.3 Å². The minimum Gasteiger partial charge on any atom is -0.355 e. The van der Waals surface area contributed by atoms with Crippen LogP contribution in [0.2, 0.25) is 0 Å². The van der Waals surface area contributed by atoms with E-state index in [-0.39, 0.29) is 23.1 Å². The van der Waals surface area contributed by atoms with Crippen LogP contribution in [0.3, 0.4) is 0 Å². The van der Waals surface area contributed by atoms with E-state index in [9.17, 15) is 18.0 Å². The number of carbonyl (C=O) groups excluding carboxylic acids is 1. The van der Waals surface area contributed by atoms with Crippen molar-refractivity contribution in [1.82, 2.24) is 10.1 Å². The van der Waals surface area contributed by atoms with Gasteiger partial charge >= 0.3 is 6.18 Å². The van der Waals surface area contributed by atoms with E-state index >= 15 is 0 Å². The Bertz CT molecular complexity index is 950. The molecule has 0 radical (unpaired) electrons. The summed E-state index contributed by atoms with van der Waals surface area (Å²) in [6.07, 6.45) is 0.947. The highest BCUT2D eigenvalue weighted by Crippen LogP contribution is 2.35. The van der Waals surface area contributed by atoms with Crippen LogP contribution in [0.4, 0.5) is 13.2 Å². The number of rotatable bonds is 5. The number of amides is 1. The molecule has 0 saturated carbocycles. The molecule has 2 aromatic rings. The van der Waals surface area contributed by atoms with Crippen molar-refractivity contribution < 1.29 is 22.5 Å². The van der Waals surface area contributed by atoms with E-state index in [2.05, 4.69) is 11.7 Å². The maximum atomic E-state index is 13.2. The lowest BCUT2D eigenvalue weighted by atomic mass is 9.85. The van der Waals surface area contributed by atoms with Crippen molar-refractivity contribution in [3.05, 3.63) is 78.0 Å². The quantitative estimate of drug-likeness (QED) is 0.578. The number of likely N-dealkylation sites (tertiary alicyclic amines) is 1. The maximum Gasteiger partial charge on any atom is 0.412 e. The highest BCUT2D eigenvalue weighted by atomic mass is 19.4. The van der Waals surface area contributed by atoms with E-state index in [1.807, 2.05) is 30.3 Å². The summed E-state index contributed by atoms with van der Waals surface area (Å²) in [7, 11) is 0. The Balaban J connectivity index is 1.70. The first-order valence-electron chi connectivity index (χ1n) is 9.69. The summed E-state index contributed by atoms with van der Waals surface area (Å²) in [6, 6.07) is 10.9. The molecule has 0 aliphatic carbocycles. The zero-order chi connectivity index (χ0) is 21.7. The van der Waals surface area contributed by atoms with Gasteiger partial charge in [0.2, 0.25) is 0 Å². The van der Waals surface area contributed by atoms with E-state index in [1.54, 1.807) is 11.0 Å². The highest BCUT2D eigenvalue weighted by Gasteiger charge is 2.35. The van der Waals surface area contributed by atoms with Crippen LogP contribution in [-0.2, 0) is 0 Å². The van der Waals surface area contributed by atoms with Crippen molar-refractivity contribution in [2.75, 3.05) is 13.1 Å². The van der Waals surface area contributed by atoms with E-state index in [0.717, 1.165) is 12.5 Å². The largest absolute Gasteiger partial charge is 0.412 e. The summed E-state index contributed by atoms with van der Waals surface area (Å²) in [5.41, 5.74) is 0.659. The van der Waals surface area contributed by atoms with E-state index in [4.69, 9.17) is 4.52 Å². The van der Waals surface area contributed by atoms with Gasteiger partial charge in [-0.1, -0.05) is 60.3 Å². The second-order valence-electron chi connectivity index (χ2n) is 7.18. The number of piperidine rings is 1. The number of halogens is 3. The molecule has 1 saturated heterocycles. The minimum absolute atomic E-state index is 0.195. The highest BCUT2D eigenvalue weighted by molar-refractivity contribution is 5.93. The number of allylic oxidation sites excluding steroid dienone is 5. The SMILES string of the molecule is C=C/C=C\C(=C(/C)C(F)(F)F)C1CCN(C(=O)c2cc(-c3ccccc3)on2)CC1. The summed E-state index contributed by atoms with van der Waals surface area (Å²) < 4.78 is 45.0. The number of carbonyl (C=O) groups is 1. The molecule has 2 heterocycles. The third-order valence-electron chi connectivity index (χ3n) is 5.28. The molecule has 0 atom stereocenters. The topological polar surface area (TPSA) is 46.3 Å². The average molecular weight is 416 g/mol. The molecule has 1 aromatic carbocycles. The van der Waals surface area contributed by atoms with Gasteiger partial charge in [-0.15, -0.1) is 0 Å². The first-order chi connectivity index (χ1) is 14.3. The molecule has 158 valence electrons. The zero-order valence-corrected chi connectivity index (χ0v) is 16.7. The van der Waals surface area contributed by atoms with Gasteiger partial charge in [0.25, 0.3) is 5.91 Å². The third kappa shape index (κ3) is 4.90. The number of alkyl halides is 3. The molecular weight excluding hydrogens is 393 g/mol. The summed E-state index contributed by atoms with van der Waals surface area (Å²) >= 11 is 0. The predicted molar refractivity (Wildman–Crippen MR) is 109 cm³/mol. The van der Waals surface area contributed by atoms with Gasteiger partial charge in [-0.05, 0) is 31.3 Å². The monoisotopic (exact) mass is 416 g/mol. The lowest BCUT2D eigenvalue weighted by molar-refractivity contribution is -0.0925.